The predicted molar refractivity (Wildman–Crippen MR) is 88.4 cm³/mol. The molecule has 1 heterocycles. The number of benzene rings is 1. The molecule has 0 bridgehead atoms. The van der Waals surface area contributed by atoms with Crippen LogP contribution in [0.3, 0.4) is 0 Å². The molecule has 120 valence electrons. The van der Waals surface area contributed by atoms with Gasteiger partial charge in [-0.1, -0.05) is 44.7 Å². The first-order valence-electron chi connectivity index (χ1n) is 7.24. The fourth-order valence-electron chi connectivity index (χ4n) is 1.87. The highest BCUT2D eigenvalue weighted by molar-refractivity contribution is 7.99. The summed E-state index contributed by atoms with van der Waals surface area (Å²) in [5.74, 6) is 1.29. The van der Waals surface area contributed by atoms with Gasteiger partial charge in [-0.05, 0) is 23.1 Å². The Morgan fingerprint density at radius 2 is 1.95 bits per heavy atom. The minimum absolute atomic E-state index is 0.130. The maximum Gasteiger partial charge on any atom is 0.190 e. The first-order valence-corrected chi connectivity index (χ1v) is 8.23. The lowest BCUT2D eigenvalue weighted by atomic mass is 9.87. The summed E-state index contributed by atoms with van der Waals surface area (Å²) in [6, 6.07) is 8.03. The molecule has 0 spiro atoms. The van der Waals surface area contributed by atoms with Crippen LogP contribution in [0.2, 0.25) is 0 Å². The van der Waals surface area contributed by atoms with Gasteiger partial charge in [-0.25, -0.2) is 0 Å². The molecule has 0 saturated heterocycles. The minimum Gasteiger partial charge on any atom is -0.491 e. The fraction of sp³-hybridized carbons (Fsp3) is 0.500. The molecule has 0 aliphatic heterocycles. The highest BCUT2D eigenvalue weighted by Gasteiger charge is 2.13. The van der Waals surface area contributed by atoms with Crippen molar-refractivity contribution in [1.82, 2.24) is 14.8 Å². The van der Waals surface area contributed by atoms with Crippen molar-refractivity contribution in [3.63, 3.8) is 0 Å². The van der Waals surface area contributed by atoms with Crippen LogP contribution in [-0.2, 0) is 12.5 Å². The first kappa shape index (κ1) is 16.8. The lowest BCUT2D eigenvalue weighted by Gasteiger charge is -2.19. The first-order chi connectivity index (χ1) is 10.4. The molecule has 1 aromatic carbocycles. The van der Waals surface area contributed by atoms with E-state index in [0.29, 0.717) is 5.75 Å². The molecule has 0 aliphatic carbocycles. The van der Waals surface area contributed by atoms with Crippen LogP contribution in [0.15, 0.2) is 35.7 Å². The molecule has 1 atom stereocenters. The maximum absolute atomic E-state index is 9.98. The van der Waals surface area contributed by atoms with Crippen LogP contribution in [0.1, 0.15) is 26.3 Å². The standard InChI is InChI=1S/C16H23N3O2S/c1-16(2,3)12-5-7-14(8-6-12)21-9-13(20)10-22-15-18-17-11-19(15)4/h5-8,11,13,20H,9-10H2,1-4H3/t13-/m1/s1. The van der Waals surface area contributed by atoms with Gasteiger partial charge in [0.15, 0.2) is 5.16 Å². The zero-order valence-corrected chi connectivity index (χ0v) is 14.3. The van der Waals surface area contributed by atoms with Crippen LogP contribution in [-0.4, -0.2) is 38.3 Å². The summed E-state index contributed by atoms with van der Waals surface area (Å²) in [5, 5.41) is 18.5. The molecule has 1 aromatic heterocycles. The van der Waals surface area contributed by atoms with Crippen molar-refractivity contribution >= 4 is 11.8 Å². The van der Waals surface area contributed by atoms with Crippen molar-refractivity contribution < 1.29 is 9.84 Å². The van der Waals surface area contributed by atoms with Crippen LogP contribution in [0.25, 0.3) is 0 Å². The zero-order valence-electron chi connectivity index (χ0n) is 13.5. The number of thioether (sulfide) groups is 1. The van der Waals surface area contributed by atoms with Crippen LogP contribution in [0, 0.1) is 0 Å². The van der Waals surface area contributed by atoms with E-state index in [9.17, 15) is 5.11 Å². The van der Waals surface area contributed by atoms with E-state index >= 15 is 0 Å². The molecule has 2 rings (SSSR count). The van der Waals surface area contributed by atoms with Gasteiger partial charge in [0.1, 0.15) is 18.7 Å². The molecule has 0 radical (unpaired) electrons. The van der Waals surface area contributed by atoms with Crippen molar-refractivity contribution in [1.29, 1.82) is 0 Å². The normalized spacial score (nSPS) is 13.1. The molecular formula is C16H23N3O2S. The molecule has 6 heteroatoms. The number of aliphatic hydroxyl groups excluding tert-OH is 1. The Balaban J connectivity index is 1.78. The van der Waals surface area contributed by atoms with E-state index in [1.807, 2.05) is 23.7 Å². The number of aromatic nitrogens is 3. The Morgan fingerprint density at radius 3 is 2.50 bits per heavy atom. The quantitative estimate of drug-likeness (QED) is 0.829. The Bertz CT molecular complexity index is 590. The molecule has 0 unspecified atom stereocenters. The van der Waals surface area contributed by atoms with Crippen LogP contribution < -0.4 is 4.74 Å². The zero-order chi connectivity index (χ0) is 16.2. The second kappa shape index (κ2) is 7.15. The lowest BCUT2D eigenvalue weighted by molar-refractivity contribution is 0.126. The van der Waals surface area contributed by atoms with Gasteiger partial charge in [-0.2, -0.15) is 0 Å². The molecule has 1 N–H and O–H groups in total. The van der Waals surface area contributed by atoms with Crippen LogP contribution in [0.5, 0.6) is 5.75 Å². The summed E-state index contributed by atoms with van der Waals surface area (Å²) in [5.41, 5.74) is 1.39. The molecule has 5 nitrogen and oxygen atoms in total. The highest BCUT2D eigenvalue weighted by Crippen LogP contribution is 2.24. The number of hydrogen-bond donors (Lipinski definition) is 1. The summed E-state index contributed by atoms with van der Waals surface area (Å²) in [4.78, 5) is 0. The monoisotopic (exact) mass is 321 g/mol. The Hall–Kier alpha value is -1.53. The number of ether oxygens (including phenoxy) is 1. The van der Waals surface area contributed by atoms with Crippen LogP contribution in [0.4, 0.5) is 0 Å². The second-order valence-electron chi connectivity index (χ2n) is 6.27. The number of nitrogens with zero attached hydrogens (tertiary/aromatic N) is 3. The minimum atomic E-state index is -0.552. The van der Waals surface area contributed by atoms with Gasteiger partial charge in [-0.3, -0.25) is 0 Å². The smallest absolute Gasteiger partial charge is 0.190 e. The predicted octanol–water partition coefficient (Wildman–Crippen LogP) is 2.64. The summed E-state index contributed by atoms with van der Waals surface area (Å²) < 4.78 is 7.45. The van der Waals surface area contributed by atoms with Gasteiger partial charge in [0.2, 0.25) is 0 Å². The number of aryl methyl sites for hydroxylation is 1. The lowest BCUT2D eigenvalue weighted by Crippen LogP contribution is -2.20. The number of rotatable bonds is 6. The molecule has 0 saturated carbocycles. The van der Waals surface area contributed by atoms with E-state index < -0.39 is 6.10 Å². The van der Waals surface area contributed by atoms with Gasteiger partial charge < -0.3 is 14.4 Å². The second-order valence-corrected chi connectivity index (χ2v) is 7.26. The summed E-state index contributed by atoms with van der Waals surface area (Å²) in [6.45, 7) is 6.79. The summed E-state index contributed by atoms with van der Waals surface area (Å²) in [6.07, 6.45) is 1.09. The van der Waals surface area contributed by atoms with Crippen molar-refractivity contribution in [3.8, 4) is 5.75 Å². The largest absolute Gasteiger partial charge is 0.491 e. The Kier molecular flexibility index (Phi) is 5.47. The third-order valence-corrected chi connectivity index (χ3v) is 4.42. The number of hydrogen-bond acceptors (Lipinski definition) is 5. The topological polar surface area (TPSA) is 60.2 Å². The SMILES string of the molecule is Cn1cnnc1SC[C@H](O)COc1ccc(C(C)(C)C)cc1. The van der Waals surface area contributed by atoms with Gasteiger partial charge in [0, 0.05) is 12.8 Å². The third-order valence-electron chi connectivity index (χ3n) is 3.24. The fourth-order valence-corrected chi connectivity index (χ4v) is 2.66. The van der Waals surface area contributed by atoms with E-state index in [4.69, 9.17) is 4.74 Å². The van der Waals surface area contributed by atoms with Crippen LogP contribution >= 0.6 is 11.8 Å². The maximum atomic E-state index is 9.98. The highest BCUT2D eigenvalue weighted by atomic mass is 32.2. The molecule has 0 amide bonds. The van der Waals surface area contributed by atoms with Crippen molar-refractivity contribution in [3.05, 3.63) is 36.2 Å². The molecular weight excluding hydrogens is 298 g/mol. The Labute approximate surface area is 135 Å². The van der Waals surface area contributed by atoms with E-state index in [1.165, 1.54) is 17.3 Å². The van der Waals surface area contributed by atoms with Gasteiger partial charge in [0.25, 0.3) is 0 Å². The molecule has 0 fully saturated rings. The third kappa shape index (κ3) is 4.74. The van der Waals surface area contributed by atoms with E-state index in [-0.39, 0.29) is 12.0 Å². The average Bonchev–Trinajstić information content (AvgIpc) is 2.88. The van der Waals surface area contributed by atoms with Gasteiger partial charge in [-0.15, -0.1) is 10.2 Å². The molecule has 22 heavy (non-hydrogen) atoms. The summed E-state index contributed by atoms with van der Waals surface area (Å²) >= 11 is 1.46. The average molecular weight is 321 g/mol. The van der Waals surface area contributed by atoms with E-state index in [2.05, 4.69) is 43.1 Å². The van der Waals surface area contributed by atoms with Gasteiger partial charge >= 0.3 is 0 Å². The number of aliphatic hydroxyl groups is 1. The van der Waals surface area contributed by atoms with Crippen molar-refractivity contribution in [2.24, 2.45) is 7.05 Å². The van der Waals surface area contributed by atoms with Crippen molar-refractivity contribution in [2.45, 2.75) is 37.4 Å². The molecule has 2 aromatic rings. The van der Waals surface area contributed by atoms with Crippen molar-refractivity contribution in [2.75, 3.05) is 12.4 Å². The van der Waals surface area contributed by atoms with E-state index in [0.717, 1.165) is 10.9 Å². The Morgan fingerprint density at radius 1 is 1.27 bits per heavy atom. The summed E-state index contributed by atoms with van der Waals surface area (Å²) in [7, 11) is 1.88. The van der Waals surface area contributed by atoms with E-state index in [1.54, 1.807) is 6.33 Å². The molecule has 0 aliphatic rings. The van der Waals surface area contributed by atoms with Gasteiger partial charge in [0.05, 0.1) is 6.10 Å².